The summed E-state index contributed by atoms with van der Waals surface area (Å²) >= 11 is 0. The first-order chi connectivity index (χ1) is 11.6. The fourth-order valence-corrected chi connectivity index (χ4v) is 2.43. The van der Waals surface area contributed by atoms with Gasteiger partial charge in [0.15, 0.2) is 6.10 Å². The standard InChI is InChI=1S/C18H15FN2O3/c1-2-17(22)21-14-10-12(7-8-13(14)19)20-18(23)16-9-11-5-3-4-6-15(11)24-16/h2-8,10,16H,1,9H2,(H,20,23)(H,21,22)/t16-/m1/s1. The lowest BCUT2D eigenvalue weighted by molar-refractivity contribution is -0.122. The molecule has 0 aliphatic carbocycles. The van der Waals surface area contributed by atoms with Gasteiger partial charge in [0, 0.05) is 12.1 Å². The van der Waals surface area contributed by atoms with E-state index >= 15 is 0 Å². The molecule has 0 unspecified atom stereocenters. The highest BCUT2D eigenvalue weighted by atomic mass is 19.1. The molecule has 6 heteroatoms. The molecule has 1 aliphatic rings. The lowest BCUT2D eigenvalue weighted by Gasteiger charge is -2.13. The molecule has 2 aromatic rings. The Morgan fingerprint density at radius 2 is 2.00 bits per heavy atom. The van der Waals surface area contributed by atoms with Gasteiger partial charge in [-0.3, -0.25) is 9.59 Å². The van der Waals surface area contributed by atoms with Gasteiger partial charge in [-0.25, -0.2) is 4.39 Å². The molecule has 2 N–H and O–H groups in total. The molecule has 5 nitrogen and oxygen atoms in total. The zero-order valence-electron chi connectivity index (χ0n) is 12.7. The van der Waals surface area contributed by atoms with Crippen molar-refractivity contribution in [2.24, 2.45) is 0 Å². The Morgan fingerprint density at radius 1 is 1.21 bits per heavy atom. The first-order valence-electron chi connectivity index (χ1n) is 7.35. The second kappa shape index (κ2) is 6.54. The molecule has 0 spiro atoms. The number of hydrogen-bond acceptors (Lipinski definition) is 3. The van der Waals surface area contributed by atoms with Gasteiger partial charge in [0.25, 0.3) is 5.91 Å². The number of carbonyl (C=O) groups excluding carboxylic acids is 2. The Bertz CT molecular complexity index is 795. The highest BCUT2D eigenvalue weighted by molar-refractivity contribution is 6.00. The fraction of sp³-hybridized carbons (Fsp3) is 0.111. The summed E-state index contributed by atoms with van der Waals surface area (Å²) in [6.07, 6.45) is 0.871. The van der Waals surface area contributed by atoms with E-state index in [0.29, 0.717) is 17.9 Å². The quantitative estimate of drug-likeness (QED) is 0.849. The molecule has 0 saturated carbocycles. The second-order valence-corrected chi connectivity index (χ2v) is 5.30. The van der Waals surface area contributed by atoms with Crippen molar-refractivity contribution in [2.75, 3.05) is 10.6 Å². The molecule has 24 heavy (non-hydrogen) atoms. The van der Waals surface area contributed by atoms with Crippen LogP contribution in [0.5, 0.6) is 5.75 Å². The van der Waals surface area contributed by atoms with Crippen molar-refractivity contribution in [3.8, 4) is 5.75 Å². The Balaban J connectivity index is 1.70. The van der Waals surface area contributed by atoms with Crippen molar-refractivity contribution in [3.05, 3.63) is 66.5 Å². The lowest BCUT2D eigenvalue weighted by atomic mass is 10.1. The molecule has 1 heterocycles. The van der Waals surface area contributed by atoms with Crippen molar-refractivity contribution in [3.63, 3.8) is 0 Å². The van der Waals surface area contributed by atoms with Crippen LogP contribution >= 0.6 is 0 Å². The van der Waals surface area contributed by atoms with Crippen molar-refractivity contribution in [2.45, 2.75) is 12.5 Å². The first kappa shape index (κ1) is 15.7. The Hall–Kier alpha value is -3.15. The molecule has 0 bridgehead atoms. The monoisotopic (exact) mass is 326 g/mol. The van der Waals surface area contributed by atoms with E-state index in [2.05, 4.69) is 17.2 Å². The smallest absolute Gasteiger partial charge is 0.265 e. The fourth-order valence-electron chi connectivity index (χ4n) is 2.43. The number of nitrogens with one attached hydrogen (secondary N) is 2. The summed E-state index contributed by atoms with van der Waals surface area (Å²) in [4.78, 5) is 23.6. The molecule has 0 radical (unpaired) electrons. The van der Waals surface area contributed by atoms with E-state index in [0.717, 1.165) is 11.6 Å². The minimum atomic E-state index is -0.640. The van der Waals surface area contributed by atoms with E-state index in [9.17, 15) is 14.0 Å². The molecule has 3 rings (SSSR count). The van der Waals surface area contributed by atoms with E-state index in [1.54, 1.807) is 0 Å². The predicted octanol–water partition coefficient (Wildman–Crippen LogP) is 2.89. The van der Waals surface area contributed by atoms with E-state index in [4.69, 9.17) is 4.74 Å². The molecule has 0 fully saturated rings. The number of para-hydroxylation sites is 1. The molecular weight excluding hydrogens is 311 g/mol. The van der Waals surface area contributed by atoms with Gasteiger partial charge in [0.05, 0.1) is 5.69 Å². The molecule has 1 aliphatic heterocycles. The maximum absolute atomic E-state index is 13.7. The first-order valence-corrected chi connectivity index (χ1v) is 7.35. The van der Waals surface area contributed by atoms with Gasteiger partial charge >= 0.3 is 0 Å². The topological polar surface area (TPSA) is 67.4 Å². The van der Waals surface area contributed by atoms with Crippen LogP contribution < -0.4 is 15.4 Å². The van der Waals surface area contributed by atoms with Crippen LogP contribution in [0.4, 0.5) is 15.8 Å². The number of ether oxygens (including phenoxy) is 1. The minimum absolute atomic E-state index is 0.0340. The third-order valence-electron chi connectivity index (χ3n) is 3.62. The second-order valence-electron chi connectivity index (χ2n) is 5.30. The van der Waals surface area contributed by atoms with Crippen LogP contribution in [0.2, 0.25) is 0 Å². The van der Waals surface area contributed by atoms with Crippen molar-refractivity contribution in [1.29, 1.82) is 0 Å². The van der Waals surface area contributed by atoms with Crippen LogP contribution in [-0.4, -0.2) is 17.9 Å². The number of hydrogen-bond donors (Lipinski definition) is 2. The van der Waals surface area contributed by atoms with Gasteiger partial charge in [0.2, 0.25) is 5.91 Å². The minimum Gasteiger partial charge on any atom is -0.480 e. The highest BCUT2D eigenvalue weighted by Crippen LogP contribution is 2.29. The van der Waals surface area contributed by atoms with Crippen molar-refractivity contribution < 1.29 is 18.7 Å². The molecule has 122 valence electrons. The third-order valence-corrected chi connectivity index (χ3v) is 3.62. The molecule has 2 amide bonds. The van der Waals surface area contributed by atoms with Gasteiger partial charge in [-0.15, -0.1) is 0 Å². The Morgan fingerprint density at radius 3 is 2.75 bits per heavy atom. The highest BCUT2D eigenvalue weighted by Gasteiger charge is 2.28. The number of amides is 2. The SMILES string of the molecule is C=CC(=O)Nc1cc(NC(=O)[C@H]2Cc3ccccc3O2)ccc1F. The number of rotatable bonds is 4. The maximum Gasteiger partial charge on any atom is 0.265 e. The predicted molar refractivity (Wildman–Crippen MR) is 88.4 cm³/mol. The van der Waals surface area contributed by atoms with Gasteiger partial charge in [-0.05, 0) is 35.9 Å². The van der Waals surface area contributed by atoms with E-state index in [-0.39, 0.29) is 11.6 Å². The van der Waals surface area contributed by atoms with Crippen LogP contribution in [0.3, 0.4) is 0 Å². The molecule has 0 saturated heterocycles. The Kier molecular flexibility index (Phi) is 4.29. The van der Waals surface area contributed by atoms with Crippen molar-refractivity contribution in [1.82, 2.24) is 0 Å². The van der Waals surface area contributed by atoms with E-state index in [1.165, 1.54) is 18.2 Å². The summed E-state index contributed by atoms with van der Waals surface area (Å²) in [6.45, 7) is 3.31. The molecule has 0 aromatic heterocycles. The van der Waals surface area contributed by atoms with Crippen LogP contribution in [0.15, 0.2) is 55.1 Å². The summed E-state index contributed by atoms with van der Waals surface area (Å²) in [6, 6.07) is 11.4. The third kappa shape index (κ3) is 3.27. The number of halogens is 1. The van der Waals surface area contributed by atoms with Crippen molar-refractivity contribution >= 4 is 23.2 Å². The summed E-state index contributed by atoms with van der Waals surface area (Å²) in [5.41, 5.74) is 1.30. The molecular formula is C18H15FN2O3. The Labute approximate surface area is 138 Å². The molecule has 1 atom stereocenters. The van der Waals surface area contributed by atoms with Crippen LogP contribution in [-0.2, 0) is 16.0 Å². The maximum atomic E-state index is 13.7. The average molecular weight is 326 g/mol. The van der Waals surface area contributed by atoms with Crippen LogP contribution in [0.1, 0.15) is 5.56 Å². The summed E-state index contributed by atoms with van der Waals surface area (Å²) in [5, 5.41) is 5.01. The number of benzene rings is 2. The normalized spacial score (nSPS) is 15.1. The van der Waals surface area contributed by atoms with Gasteiger partial charge < -0.3 is 15.4 Å². The number of anilines is 2. The van der Waals surface area contributed by atoms with E-state index in [1.807, 2.05) is 24.3 Å². The van der Waals surface area contributed by atoms with Gasteiger partial charge in [-0.2, -0.15) is 0 Å². The zero-order valence-corrected chi connectivity index (χ0v) is 12.7. The number of fused-ring (bicyclic) bond motifs is 1. The largest absolute Gasteiger partial charge is 0.480 e. The lowest BCUT2D eigenvalue weighted by Crippen LogP contribution is -2.31. The summed E-state index contributed by atoms with van der Waals surface area (Å²) < 4.78 is 19.3. The zero-order chi connectivity index (χ0) is 17.1. The molecule has 2 aromatic carbocycles. The van der Waals surface area contributed by atoms with Crippen LogP contribution in [0, 0.1) is 5.82 Å². The number of carbonyl (C=O) groups is 2. The van der Waals surface area contributed by atoms with Gasteiger partial charge in [0.1, 0.15) is 11.6 Å². The summed E-state index contributed by atoms with van der Waals surface area (Å²) in [7, 11) is 0. The van der Waals surface area contributed by atoms with Gasteiger partial charge in [-0.1, -0.05) is 24.8 Å². The van der Waals surface area contributed by atoms with E-state index < -0.39 is 17.8 Å². The summed E-state index contributed by atoms with van der Waals surface area (Å²) in [5.74, 6) is -0.783. The average Bonchev–Trinajstić information content (AvgIpc) is 3.02. The van der Waals surface area contributed by atoms with Crippen LogP contribution in [0.25, 0.3) is 0 Å².